The molecule has 3 heterocycles. The monoisotopic (exact) mass is 436 g/mol. The normalized spacial score (nSPS) is 10.9. The summed E-state index contributed by atoms with van der Waals surface area (Å²) in [5, 5.41) is 11.8. The van der Waals surface area contributed by atoms with Gasteiger partial charge in [-0.3, -0.25) is 25.5 Å². The molecule has 3 N–H and O–H groups in total. The van der Waals surface area contributed by atoms with E-state index in [4.69, 9.17) is 0 Å². The third-order valence-electron chi connectivity index (χ3n) is 4.76. The van der Waals surface area contributed by atoms with Crippen LogP contribution in [0.1, 0.15) is 27.4 Å². The molecule has 0 fully saturated rings. The molecule has 1 aromatic carbocycles. The summed E-state index contributed by atoms with van der Waals surface area (Å²) >= 11 is 1.42. The van der Waals surface area contributed by atoms with E-state index in [1.54, 1.807) is 10.6 Å². The third-order valence-corrected chi connectivity index (χ3v) is 5.29. The zero-order valence-electron chi connectivity index (χ0n) is 17.1. The summed E-state index contributed by atoms with van der Waals surface area (Å²) < 4.78 is 1.62. The number of aromatic nitrogens is 6. The maximum atomic E-state index is 12.4. The number of hydrogen-bond donors (Lipinski definition) is 3. The molecule has 0 saturated heterocycles. The van der Waals surface area contributed by atoms with E-state index in [1.807, 2.05) is 50.4 Å². The molecule has 0 aliphatic carbocycles. The molecule has 0 spiro atoms. The molecule has 0 atom stereocenters. The Kier molecular flexibility index (Phi) is 5.67. The molecule has 4 rings (SSSR count). The molecule has 31 heavy (non-hydrogen) atoms. The van der Waals surface area contributed by atoms with Crippen LogP contribution in [0.25, 0.3) is 17.0 Å². The first kappa shape index (κ1) is 20.5. The van der Waals surface area contributed by atoms with Gasteiger partial charge in [0.1, 0.15) is 5.69 Å². The topological polar surface area (TPSA) is 130 Å². The molecule has 10 nitrogen and oxygen atoms in total. The third kappa shape index (κ3) is 4.26. The van der Waals surface area contributed by atoms with Gasteiger partial charge in [-0.1, -0.05) is 42.1 Å². The molecule has 0 bridgehead atoms. The Balaban J connectivity index is 1.42. The Hall–Kier alpha value is -3.73. The number of nitrogens with one attached hydrogen (secondary N) is 3. The quantitative estimate of drug-likeness (QED) is 0.321. The Morgan fingerprint density at radius 2 is 1.90 bits per heavy atom. The molecule has 2 amide bonds. The highest BCUT2D eigenvalue weighted by molar-refractivity contribution is 7.98. The number of nitrogens with zero attached hydrogens (tertiary/aromatic N) is 5. The number of thioether (sulfide) groups is 1. The van der Waals surface area contributed by atoms with E-state index in [0.717, 1.165) is 16.8 Å². The van der Waals surface area contributed by atoms with Gasteiger partial charge in [0, 0.05) is 22.5 Å². The smallest absolute Gasteiger partial charge is 0.273 e. The van der Waals surface area contributed by atoms with Gasteiger partial charge in [0.2, 0.25) is 11.1 Å². The van der Waals surface area contributed by atoms with Crippen LogP contribution in [-0.2, 0) is 11.2 Å². The van der Waals surface area contributed by atoms with Crippen LogP contribution in [0.4, 0.5) is 0 Å². The van der Waals surface area contributed by atoms with Gasteiger partial charge in [-0.05, 0) is 26.2 Å². The lowest BCUT2D eigenvalue weighted by Gasteiger charge is -2.11. The Morgan fingerprint density at radius 1 is 1.13 bits per heavy atom. The number of hydrazine groups is 1. The summed E-state index contributed by atoms with van der Waals surface area (Å²) in [5.41, 5.74) is 8.79. The second-order valence-corrected chi connectivity index (χ2v) is 7.56. The highest BCUT2D eigenvalue weighted by atomic mass is 32.2. The zero-order chi connectivity index (χ0) is 22.0. The first-order chi connectivity index (χ1) is 15.0. The van der Waals surface area contributed by atoms with Gasteiger partial charge in [0.25, 0.3) is 11.7 Å². The maximum Gasteiger partial charge on any atom is 0.287 e. The molecule has 0 radical (unpaired) electrons. The SMILES string of the molecule is CSc1nc2nc(C)c(CC(=O)NNC(=O)c3cc(-c4ccccc4)n[nH]3)c(C)n2n1. The van der Waals surface area contributed by atoms with Crippen molar-refractivity contribution in [1.82, 2.24) is 40.6 Å². The fourth-order valence-electron chi connectivity index (χ4n) is 3.13. The molecule has 0 saturated carbocycles. The predicted octanol–water partition coefficient (Wildman–Crippen LogP) is 1.86. The number of aromatic amines is 1. The van der Waals surface area contributed by atoms with Crippen LogP contribution in [0.15, 0.2) is 41.6 Å². The molecule has 0 aliphatic heterocycles. The molecular formula is C20H20N8O2S. The summed E-state index contributed by atoms with van der Waals surface area (Å²) in [6.45, 7) is 3.68. The number of amides is 2. The standard InChI is InChI=1S/C20H20N8O2S/c1-11-14(12(2)28-19(21-11)22-20(27-28)31-3)9-17(29)25-26-18(30)16-10-15(23-24-16)13-7-5-4-6-8-13/h4-8,10H,9H2,1-3H3,(H,23,24)(H,25,29)(H,26,30). The number of rotatable bonds is 5. The van der Waals surface area contributed by atoms with Crippen LogP contribution >= 0.6 is 11.8 Å². The predicted molar refractivity (Wildman–Crippen MR) is 115 cm³/mol. The maximum absolute atomic E-state index is 12.4. The average Bonchev–Trinajstić information content (AvgIpc) is 3.43. The van der Waals surface area contributed by atoms with Gasteiger partial charge in [0.05, 0.1) is 12.1 Å². The summed E-state index contributed by atoms with van der Waals surface area (Å²) in [7, 11) is 0. The minimum absolute atomic E-state index is 0.0353. The molecule has 3 aromatic heterocycles. The summed E-state index contributed by atoms with van der Waals surface area (Å²) in [4.78, 5) is 33.6. The van der Waals surface area contributed by atoms with Crippen LogP contribution in [0.5, 0.6) is 0 Å². The summed E-state index contributed by atoms with van der Waals surface area (Å²) in [6.07, 6.45) is 1.92. The molecule has 0 unspecified atom stereocenters. The van der Waals surface area contributed by atoms with Crippen molar-refractivity contribution in [3.63, 3.8) is 0 Å². The Bertz CT molecular complexity index is 1270. The van der Waals surface area contributed by atoms with Crippen molar-refractivity contribution in [2.75, 3.05) is 6.26 Å². The van der Waals surface area contributed by atoms with Crippen molar-refractivity contribution >= 4 is 29.4 Å². The minimum atomic E-state index is -0.494. The Labute approximate surface area is 181 Å². The van der Waals surface area contributed by atoms with Crippen LogP contribution in [-0.4, -0.2) is 47.8 Å². The largest absolute Gasteiger partial charge is 0.287 e. The molecule has 4 aromatic rings. The number of benzene rings is 1. The molecule has 11 heteroatoms. The van der Waals surface area contributed by atoms with Crippen LogP contribution in [0.3, 0.4) is 0 Å². The van der Waals surface area contributed by atoms with E-state index in [9.17, 15) is 9.59 Å². The fourth-order valence-corrected chi connectivity index (χ4v) is 3.46. The van der Waals surface area contributed by atoms with Crippen molar-refractivity contribution in [3.05, 3.63) is 59.0 Å². The fraction of sp³-hybridized carbons (Fsp3) is 0.200. The first-order valence-corrected chi connectivity index (χ1v) is 10.7. The van der Waals surface area contributed by atoms with E-state index >= 15 is 0 Å². The zero-order valence-corrected chi connectivity index (χ0v) is 17.9. The van der Waals surface area contributed by atoms with Gasteiger partial charge in [-0.15, -0.1) is 5.10 Å². The number of carbonyl (C=O) groups excluding carboxylic acids is 2. The van der Waals surface area contributed by atoms with Crippen molar-refractivity contribution in [1.29, 1.82) is 0 Å². The molecular weight excluding hydrogens is 416 g/mol. The van der Waals surface area contributed by atoms with Gasteiger partial charge < -0.3 is 0 Å². The van der Waals surface area contributed by atoms with Crippen LogP contribution in [0.2, 0.25) is 0 Å². The molecule has 0 aliphatic rings. The van der Waals surface area contributed by atoms with Crippen molar-refractivity contribution in [2.24, 2.45) is 0 Å². The van der Waals surface area contributed by atoms with Crippen molar-refractivity contribution in [2.45, 2.75) is 25.4 Å². The number of H-pyrrole nitrogens is 1. The number of aryl methyl sites for hydroxylation is 2. The lowest BCUT2D eigenvalue weighted by atomic mass is 10.1. The van der Waals surface area contributed by atoms with Crippen LogP contribution < -0.4 is 10.9 Å². The van der Waals surface area contributed by atoms with Gasteiger partial charge in [-0.2, -0.15) is 10.1 Å². The molecule has 158 valence electrons. The lowest BCUT2D eigenvalue weighted by Crippen LogP contribution is -2.42. The van der Waals surface area contributed by atoms with E-state index in [-0.39, 0.29) is 18.0 Å². The van der Waals surface area contributed by atoms with E-state index in [0.29, 0.717) is 22.3 Å². The van der Waals surface area contributed by atoms with Crippen LogP contribution in [0, 0.1) is 13.8 Å². The highest BCUT2D eigenvalue weighted by Crippen LogP contribution is 2.18. The van der Waals surface area contributed by atoms with Crippen molar-refractivity contribution in [3.8, 4) is 11.3 Å². The summed E-state index contributed by atoms with van der Waals surface area (Å²) in [5.74, 6) is -0.384. The minimum Gasteiger partial charge on any atom is -0.273 e. The second-order valence-electron chi connectivity index (χ2n) is 6.78. The average molecular weight is 437 g/mol. The van der Waals surface area contributed by atoms with Gasteiger partial charge in [-0.25, -0.2) is 9.50 Å². The van der Waals surface area contributed by atoms with Crippen molar-refractivity contribution < 1.29 is 9.59 Å². The van der Waals surface area contributed by atoms with Gasteiger partial charge in [0.15, 0.2) is 0 Å². The van der Waals surface area contributed by atoms with E-state index in [2.05, 4.69) is 36.1 Å². The lowest BCUT2D eigenvalue weighted by molar-refractivity contribution is -0.121. The van der Waals surface area contributed by atoms with Gasteiger partial charge >= 0.3 is 0 Å². The van der Waals surface area contributed by atoms with E-state index in [1.165, 1.54) is 11.8 Å². The van der Waals surface area contributed by atoms with E-state index < -0.39 is 5.91 Å². The Morgan fingerprint density at radius 3 is 2.65 bits per heavy atom. The second kappa shape index (κ2) is 8.56. The number of hydrogen-bond acceptors (Lipinski definition) is 7. The number of fused-ring (bicyclic) bond motifs is 1. The number of carbonyl (C=O) groups is 2. The first-order valence-electron chi connectivity index (χ1n) is 9.43. The highest BCUT2D eigenvalue weighted by Gasteiger charge is 2.17. The summed E-state index contributed by atoms with van der Waals surface area (Å²) in [6, 6.07) is 11.1.